The maximum absolute atomic E-state index is 12.3. The molecule has 0 spiro atoms. The SMILES string of the molecule is CCC(CSC)Nc1ccc(C(F)(F)F)cn1. The molecule has 1 aromatic heterocycles. The van der Waals surface area contributed by atoms with Crippen molar-refractivity contribution in [2.45, 2.75) is 25.6 Å². The molecule has 0 aliphatic heterocycles. The minimum atomic E-state index is -4.32. The number of nitrogens with zero attached hydrogens (tertiary/aromatic N) is 1. The topological polar surface area (TPSA) is 24.9 Å². The van der Waals surface area contributed by atoms with E-state index in [9.17, 15) is 13.2 Å². The molecule has 0 bridgehead atoms. The van der Waals surface area contributed by atoms with Crippen molar-refractivity contribution < 1.29 is 13.2 Å². The van der Waals surface area contributed by atoms with Crippen molar-refractivity contribution in [2.24, 2.45) is 0 Å². The third-order valence-corrected chi connectivity index (χ3v) is 3.04. The van der Waals surface area contributed by atoms with Crippen molar-refractivity contribution >= 4 is 17.6 Å². The molecule has 0 aromatic carbocycles. The lowest BCUT2D eigenvalue weighted by atomic mass is 10.2. The summed E-state index contributed by atoms with van der Waals surface area (Å²) in [4.78, 5) is 3.77. The fourth-order valence-corrected chi connectivity index (χ4v) is 2.04. The third kappa shape index (κ3) is 4.46. The highest BCUT2D eigenvalue weighted by Gasteiger charge is 2.30. The van der Waals surface area contributed by atoms with Crippen LogP contribution in [0.3, 0.4) is 0 Å². The van der Waals surface area contributed by atoms with Crippen LogP contribution in [0.25, 0.3) is 0 Å². The van der Waals surface area contributed by atoms with Gasteiger partial charge < -0.3 is 5.32 Å². The number of nitrogens with one attached hydrogen (secondary N) is 1. The molecule has 0 aliphatic carbocycles. The molecule has 0 amide bonds. The van der Waals surface area contributed by atoms with E-state index in [0.29, 0.717) is 5.82 Å². The van der Waals surface area contributed by atoms with Gasteiger partial charge in [0.25, 0.3) is 0 Å². The molecule has 1 heterocycles. The van der Waals surface area contributed by atoms with E-state index in [1.54, 1.807) is 11.8 Å². The second-order valence-corrected chi connectivity index (χ2v) is 4.55. The lowest BCUT2D eigenvalue weighted by Gasteiger charge is -2.16. The molecule has 2 nitrogen and oxygen atoms in total. The Morgan fingerprint density at radius 3 is 2.53 bits per heavy atom. The van der Waals surface area contributed by atoms with Crippen molar-refractivity contribution in [3.05, 3.63) is 23.9 Å². The zero-order valence-corrected chi connectivity index (χ0v) is 10.5. The van der Waals surface area contributed by atoms with Gasteiger partial charge in [-0.05, 0) is 24.8 Å². The average Bonchev–Trinajstić information content (AvgIpc) is 2.28. The van der Waals surface area contributed by atoms with Gasteiger partial charge in [0.15, 0.2) is 0 Å². The van der Waals surface area contributed by atoms with E-state index in [2.05, 4.69) is 10.3 Å². The smallest absolute Gasteiger partial charge is 0.367 e. The quantitative estimate of drug-likeness (QED) is 0.878. The first-order valence-corrected chi connectivity index (χ1v) is 6.65. The largest absolute Gasteiger partial charge is 0.417 e. The first kappa shape index (κ1) is 14.2. The van der Waals surface area contributed by atoms with Gasteiger partial charge in [-0.15, -0.1) is 0 Å². The van der Waals surface area contributed by atoms with Gasteiger partial charge >= 0.3 is 6.18 Å². The molecule has 1 unspecified atom stereocenters. The Bertz CT molecular complexity index is 338. The van der Waals surface area contributed by atoms with E-state index in [4.69, 9.17) is 0 Å². The van der Waals surface area contributed by atoms with Crippen LogP contribution in [0.5, 0.6) is 0 Å². The van der Waals surface area contributed by atoms with Crippen LogP contribution in [0.4, 0.5) is 19.0 Å². The Morgan fingerprint density at radius 2 is 2.12 bits per heavy atom. The first-order chi connectivity index (χ1) is 7.97. The van der Waals surface area contributed by atoms with Crippen LogP contribution < -0.4 is 5.32 Å². The molecular formula is C11H15F3N2S. The summed E-state index contributed by atoms with van der Waals surface area (Å²) in [5.74, 6) is 1.39. The molecule has 1 atom stereocenters. The predicted octanol–water partition coefficient (Wildman–Crippen LogP) is 3.65. The predicted molar refractivity (Wildman–Crippen MR) is 65.3 cm³/mol. The van der Waals surface area contributed by atoms with Crippen LogP contribution in [-0.2, 0) is 6.18 Å². The highest BCUT2D eigenvalue weighted by Crippen LogP contribution is 2.28. The van der Waals surface area contributed by atoms with Gasteiger partial charge in [-0.3, -0.25) is 0 Å². The normalized spacial score (nSPS) is 13.5. The molecule has 0 saturated heterocycles. The monoisotopic (exact) mass is 264 g/mol. The molecule has 17 heavy (non-hydrogen) atoms. The van der Waals surface area contributed by atoms with E-state index in [-0.39, 0.29) is 6.04 Å². The molecule has 96 valence electrons. The lowest BCUT2D eigenvalue weighted by molar-refractivity contribution is -0.137. The van der Waals surface area contributed by atoms with Crippen molar-refractivity contribution in [3.8, 4) is 0 Å². The van der Waals surface area contributed by atoms with Crippen molar-refractivity contribution in [1.29, 1.82) is 0 Å². The molecule has 0 radical (unpaired) electrons. The Kier molecular flexibility index (Phi) is 5.11. The number of aromatic nitrogens is 1. The fraction of sp³-hybridized carbons (Fsp3) is 0.545. The number of pyridine rings is 1. The second kappa shape index (κ2) is 6.14. The highest BCUT2D eigenvalue weighted by atomic mass is 32.2. The third-order valence-electron chi connectivity index (χ3n) is 2.30. The summed E-state index contributed by atoms with van der Waals surface area (Å²) in [6.07, 6.45) is -0.572. The molecular weight excluding hydrogens is 249 g/mol. The number of hydrogen-bond donors (Lipinski definition) is 1. The maximum atomic E-state index is 12.3. The summed E-state index contributed by atoms with van der Waals surface area (Å²) < 4.78 is 36.9. The van der Waals surface area contributed by atoms with Gasteiger partial charge in [-0.1, -0.05) is 6.92 Å². The number of anilines is 1. The Balaban J connectivity index is 2.68. The first-order valence-electron chi connectivity index (χ1n) is 5.26. The lowest BCUT2D eigenvalue weighted by Crippen LogP contribution is -2.21. The molecule has 1 aromatic rings. The summed E-state index contributed by atoms with van der Waals surface area (Å²) in [7, 11) is 0. The Hall–Kier alpha value is -0.910. The van der Waals surface area contributed by atoms with Crippen LogP contribution in [0, 0.1) is 0 Å². The average molecular weight is 264 g/mol. The summed E-state index contributed by atoms with van der Waals surface area (Å²) in [6.45, 7) is 2.03. The van der Waals surface area contributed by atoms with E-state index in [1.807, 2.05) is 13.2 Å². The number of halogens is 3. The molecule has 6 heteroatoms. The molecule has 0 aliphatic rings. The molecule has 1 rings (SSSR count). The van der Waals surface area contributed by atoms with Gasteiger partial charge in [0.05, 0.1) is 5.56 Å². The van der Waals surface area contributed by atoms with Crippen molar-refractivity contribution in [3.63, 3.8) is 0 Å². The van der Waals surface area contributed by atoms with Gasteiger partial charge in [0.2, 0.25) is 0 Å². The van der Waals surface area contributed by atoms with Crippen molar-refractivity contribution in [2.75, 3.05) is 17.3 Å². The van der Waals surface area contributed by atoms with E-state index in [0.717, 1.165) is 24.4 Å². The Morgan fingerprint density at radius 1 is 1.41 bits per heavy atom. The summed E-state index contributed by atoms with van der Waals surface area (Å²) in [5, 5.41) is 3.11. The Labute approximate surface area is 103 Å². The molecule has 0 fully saturated rings. The second-order valence-electron chi connectivity index (χ2n) is 3.63. The molecule has 1 N–H and O–H groups in total. The highest BCUT2D eigenvalue weighted by molar-refractivity contribution is 7.98. The summed E-state index contributed by atoms with van der Waals surface area (Å²) in [6, 6.07) is 2.64. The minimum absolute atomic E-state index is 0.231. The van der Waals surface area contributed by atoms with Gasteiger partial charge in [0, 0.05) is 18.0 Å². The number of hydrogen-bond acceptors (Lipinski definition) is 3. The van der Waals surface area contributed by atoms with Gasteiger partial charge in [0.1, 0.15) is 5.82 Å². The summed E-state index contributed by atoms with van der Waals surface area (Å²) >= 11 is 1.69. The van der Waals surface area contributed by atoms with Crippen LogP contribution in [0.15, 0.2) is 18.3 Å². The maximum Gasteiger partial charge on any atom is 0.417 e. The van der Waals surface area contributed by atoms with Crippen LogP contribution in [-0.4, -0.2) is 23.0 Å². The summed E-state index contributed by atoms with van der Waals surface area (Å²) in [5.41, 5.74) is -0.721. The van der Waals surface area contributed by atoms with E-state index >= 15 is 0 Å². The number of thioether (sulfide) groups is 1. The van der Waals surface area contributed by atoms with Crippen LogP contribution >= 0.6 is 11.8 Å². The zero-order chi connectivity index (χ0) is 12.9. The van der Waals surface area contributed by atoms with Crippen molar-refractivity contribution in [1.82, 2.24) is 4.98 Å². The standard InChI is InChI=1S/C11H15F3N2S/c1-3-9(7-17-2)16-10-5-4-8(6-15-10)11(12,13)14/h4-6,9H,3,7H2,1-2H3,(H,15,16). The number of alkyl halides is 3. The van der Waals surface area contributed by atoms with E-state index < -0.39 is 11.7 Å². The van der Waals surface area contributed by atoms with E-state index in [1.165, 1.54) is 6.07 Å². The van der Waals surface area contributed by atoms with Crippen LogP contribution in [0.2, 0.25) is 0 Å². The van der Waals surface area contributed by atoms with Gasteiger partial charge in [-0.25, -0.2) is 4.98 Å². The minimum Gasteiger partial charge on any atom is -0.367 e. The zero-order valence-electron chi connectivity index (χ0n) is 9.71. The van der Waals surface area contributed by atoms with Gasteiger partial charge in [-0.2, -0.15) is 24.9 Å². The number of rotatable bonds is 5. The molecule has 0 saturated carbocycles. The fourth-order valence-electron chi connectivity index (χ4n) is 1.32. The van der Waals surface area contributed by atoms with Crippen LogP contribution in [0.1, 0.15) is 18.9 Å².